The van der Waals surface area contributed by atoms with Gasteiger partial charge in [0.15, 0.2) is 0 Å². The van der Waals surface area contributed by atoms with Crippen LogP contribution in [0, 0.1) is 5.92 Å². The highest BCUT2D eigenvalue weighted by Crippen LogP contribution is 2.37. The van der Waals surface area contributed by atoms with Gasteiger partial charge in [0.05, 0.1) is 11.1 Å². The van der Waals surface area contributed by atoms with Crippen LogP contribution in [0.5, 0.6) is 0 Å². The molecule has 1 N–H and O–H groups in total. The number of benzene rings is 1. The number of carbonyl (C=O) groups is 1. The van der Waals surface area contributed by atoms with Crippen molar-refractivity contribution in [3.63, 3.8) is 0 Å². The quantitative estimate of drug-likeness (QED) is 0.763. The first-order chi connectivity index (χ1) is 11.7. The average Bonchev–Trinajstić information content (AvgIpc) is 2.38. The fourth-order valence-corrected chi connectivity index (χ4v) is 2.75. The van der Waals surface area contributed by atoms with Crippen molar-refractivity contribution in [2.45, 2.75) is 45.1 Å². The van der Waals surface area contributed by atoms with E-state index >= 15 is 0 Å². The molecule has 0 radical (unpaired) electrons. The molecular formula is C17H20F6N2O. The third kappa shape index (κ3) is 5.12. The molecule has 0 atom stereocenters. The number of nitrogens with one attached hydrogen (secondary N) is 1. The van der Waals surface area contributed by atoms with Crippen molar-refractivity contribution >= 4 is 11.6 Å². The topological polar surface area (TPSA) is 32.3 Å². The van der Waals surface area contributed by atoms with Crippen molar-refractivity contribution in [2.24, 2.45) is 5.92 Å². The second kappa shape index (κ2) is 6.75. The van der Waals surface area contributed by atoms with Gasteiger partial charge < -0.3 is 5.32 Å². The minimum Gasteiger partial charge on any atom is -0.326 e. The van der Waals surface area contributed by atoms with Crippen molar-refractivity contribution in [3.8, 4) is 0 Å². The molecule has 1 aromatic carbocycles. The van der Waals surface area contributed by atoms with E-state index < -0.39 is 35.1 Å². The molecule has 1 fully saturated rings. The highest BCUT2D eigenvalue weighted by molar-refractivity contribution is 5.91. The molecule has 0 spiro atoms. The molecule has 0 aliphatic carbocycles. The van der Waals surface area contributed by atoms with Gasteiger partial charge in [-0.2, -0.15) is 26.3 Å². The lowest BCUT2D eigenvalue weighted by Crippen LogP contribution is -2.56. The van der Waals surface area contributed by atoms with Gasteiger partial charge in [0, 0.05) is 30.7 Å². The summed E-state index contributed by atoms with van der Waals surface area (Å²) in [5.41, 5.74) is -3.46. The van der Waals surface area contributed by atoms with Gasteiger partial charge in [-0.15, -0.1) is 0 Å². The molecule has 0 unspecified atom stereocenters. The number of nitrogens with zero attached hydrogens (tertiary/aromatic N) is 1. The zero-order valence-corrected chi connectivity index (χ0v) is 14.6. The summed E-state index contributed by atoms with van der Waals surface area (Å²) in [6.45, 7) is 7.38. The third-order valence-corrected chi connectivity index (χ3v) is 4.25. The Kier molecular flexibility index (Phi) is 5.34. The van der Waals surface area contributed by atoms with Crippen molar-refractivity contribution < 1.29 is 31.1 Å². The van der Waals surface area contributed by atoms with E-state index in [0.29, 0.717) is 25.2 Å². The van der Waals surface area contributed by atoms with Crippen molar-refractivity contribution in [1.82, 2.24) is 4.90 Å². The summed E-state index contributed by atoms with van der Waals surface area (Å²) in [4.78, 5) is 14.1. The minimum atomic E-state index is -4.94. The van der Waals surface area contributed by atoms with Gasteiger partial charge in [-0.1, -0.05) is 0 Å². The van der Waals surface area contributed by atoms with E-state index in [1.807, 2.05) is 20.8 Å². The van der Waals surface area contributed by atoms with Gasteiger partial charge >= 0.3 is 12.4 Å². The monoisotopic (exact) mass is 382 g/mol. The Bertz CT molecular complexity index is 637. The number of likely N-dealkylation sites (tertiary alicyclic amines) is 1. The van der Waals surface area contributed by atoms with Gasteiger partial charge in [0.25, 0.3) is 0 Å². The number of rotatable bonds is 3. The fourth-order valence-electron chi connectivity index (χ4n) is 2.75. The number of halogens is 6. The van der Waals surface area contributed by atoms with Crippen LogP contribution in [-0.4, -0.2) is 29.4 Å². The fraction of sp³-hybridized carbons (Fsp3) is 0.588. The Hall–Kier alpha value is -1.77. The van der Waals surface area contributed by atoms with Crippen LogP contribution in [0.3, 0.4) is 0 Å². The van der Waals surface area contributed by atoms with Crippen molar-refractivity contribution in [3.05, 3.63) is 29.3 Å². The number of hydrogen-bond acceptors (Lipinski definition) is 2. The summed E-state index contributed by atoms with van der Waals surface area (Å²) in [6, 6.07) is 1.05. The molecule has 1 heterocycles. The summed E-state index contributed by atoms with van der Waals surface area (Å²) in [7, 11) is 0. The normalized spacial score (nSPS) is 17.1. The Morgan fingerprint density at radius 2 is 1.46 bits per heavy atom. The summed E-state index contributed by atoms with van der Waals surface area (Å²) in [6.07, 6.45) is -9.84. The molecule has 9 heteroatoms. The molecule has 1 aromatic rings. The minimum absolute atomic E-state index is 0.0297. The standard InChI is InChI=1S/C17H20F6N2O/c1-15(2,3)25-8-10(9-25)4-14(26)24-13-6-11(16(18,19)20)5-12(7-13)17(21,22)23/h5-7,10H,4,8-9H2,1-3H3,(H,24,26). The first-order valence-corrected chi connectivity index (χ1v) is 8.00. The predicted octanol–water partition coefficient (Wildman–Crippen LogP) is 4.78. The highest BCUT2D eigenvalue weighted by Gasteiger charge is 2.38. The van der Waals surface area contributed by atoms with Crippen LogP contribution in [0.4, 0.5) is 32.0 Å². The van der Waals surface area contributed by atoms with Gasteiger partial charge in [-0.05, 0) is 44.9 Å². The van der Waals surface area contributed by atoms with Crippen LogP contribution in [0.2, 0.25) is 0 Å². The van der Waals surface area contributed by atoms with Gasteiger partial charge in [0.2, 0.25) is 5.91 Å². The van der Waals surface area contributed by atoms with Crippen LogP contribution in [0.15, 0.2) is 18.2 Å². The summed E-state index contributed by atoms with van der Waals surface area (Å²) in [5.74, 6) is -0.571. The number of anilines is 1. The lowest BCUT2D eigenvalue weighted by Gasteiger charge is -2.47. The van der Waals surface area contributed by atoms with Crippen LogP contribution < -0.4 is 5.32 Å². The molecule has 26 heavy (non-hydrogen) atoms. The highest BCUT2D eigenvalue weighted by atomic mass is 19.4. The predicted molar refractivity (Wildman–Crippen MR) is 84.5 cm³/mol. The third-order valence-electron chi connectivity index (χ3n) is 4.25. The largest absolute Gasteiger partial charge is 0.416 e. The molecule has 2 rings (SSSR count). The number of hydrogen-bond donors (Lipinski definition) is 1. The van der Waals surface area contributed by atoms with E-state index in [1.54, 1.807) is 0 Å². The van der Waals surface area contributed by atoms with E-state index in [4.69, 9.17) is 0 Å². The average molecular weight is 382 g/mol. The molecule has 0 bridgehead atoms. The molecular weight excluding hydrogens is 362 g/mol. The van der Waals surface area contributed by atoms with Gasteiger partial charge in [0.1, 0.15) is 0 Å². The van der Waals surface area contributed by atoms with Crippen LogP contribution in [0.1, 0.15) is 38.3 Å². The van der Waals surface area contributed by atoms with E-state index in [-0.39, 0.29) is 23.9 Å². The Labute approximate surface area is 147 Å². The first kappa shape index (κ1) is 20.5. The molecule has 1 aliphatic rings. The Balaban J connectivity index is 2.08. The summed E-state index contributed by atoms with van der Waals surface area (Å²) in [5, 5.41) is 2.16. The number of amides is 1. The molecule has 146 valence electrons. The Morgan fingerprint density at radius 1 is 1.00 bits per heavy atom. The maximum atomic E-state index is 12.8. The molecule has 0 saturated carbocycles. The van der Waals surface area contributed by atoms with E-state index in [9.17, 15) is 31.1 Å². The number of carbonyl (C=O) groups excluding carboxylic acids is 1. The molecule has 1 amide bonds. The van der Waals surface area contributed by atoms with Gasteiger partial charge in [-0.3, -0.25) is 9.69 Å². The van der Waals surface area contributed by atoms with Crippen LogP contribution >= 0.6 is 0 Å². The second-order valence-electron chi connectivity index (χ2n) is 7.49. The maximum absolute atomic E-state index is 12.8. The van der Waals surface area contributed by atoms with Crippen LogP contribution in [-0.2, 0) is 17.1 Å². The summed E-state index contributed by atoms with van der Waals surface area (Å²) >= 11 is 0. The Morgan fingerprint density at radius 3 is 1.85 bits per heavy atom. The van der Waals surface area contributed by atoms with Crippen molar-refractivity contribution in [1.29, 1.82) is 0 Å². The lowest BCUT2D eigenvalue weighted by molar-refractivity contribution is -0.143. The molecule has 1 aliphatic heterocycles. The second-order valence-corrected chi connectivity index (χ2v) is 7.49. The zero-order valence-electron chi connectivity index (χ0n) is 14.6. The molecule has 3 nitrogen and oxygen atoms in total. The van der Waals surface area contributed by atoms with E-state index in [1.165, 1.54) is 0 Å². The van der Waals surface area contributed by atoms with Gasteiger partial charge in [-0.25, -0.2) is 0 Å². The number of alkyl halides is 6. The summed E-state index contributed by atoms with van der Waals surface area (Å²) < 4.78 is 76.9. The zero-order chi connectivity index (χ0) is 19.9. The molecule has 1 saturated heterocycles. The van der Waals surface area contributed by atoms with E-state index in [2.05, 4.69) is 10.2 Å². The van der Waals surface area contributed by atoms with Crippen LogP contribution in [0.25, 0.3) is 0 Å². The SMILES string of the molecule is CC(C)(C)N1CC(CC(=O)Nc2cc(C(F)(F)F)cc(C(F)(F)F)c2)C1. The lowest BCUT2D eigenvalue weighted by atomic mass is 9.90. The van der Waals surface area contributed by atoms with E-state index in [0.717, 1.165) is 0 Å². The molecule has 0 aromatic heterocycles. The van der Waals surface area contributed by atoms with Crippen molar-refractivity contribution in [2.75, 3.05) is 18.4 Å². The smallest absolute Gasteiger partial charge is 0.326 e. The maximum Gasteiger partial charge on any atom is 0.416 e. The first-order valence-electron chi connectivity index (χ1n) is 8.00.